The number of esters is 1. The van der Waals surface area contributed by atoms with Gasteiger partial charge in [-0.1, -0.05) is 6.07 Å². The maximum Gasteiger partial charge on any atom is 0.314 e. The SMILES string of the molecule is COc1c2c(cc3c1[C@H]1C(=O)OC[C@H]1[C@H](C(=O)n1ccnc1)[C@@H]3c1ccc3c(c1)OCO3)OCO2. The van der Waals surface area contributed by atoms with E-state index in [2.05, 4.69) is 4.98 Å². The molecule has 35 heavy (non-hydrogen) atoms. The zero-order valence-electron chi connectivity index (χ0n) is 18.6. The second-order valence-electron chi connectivity index (χ2n) is 8.84. The Bertz CT molecular complexity index is 1370. The number of hydrogen-bond acceptors (Lipinski definition) is 9. The molecule has 0 radical (unpaired) electrons. The molecule has 0 spiro atoms. The number of nitrogens with zero attached hydrogens (tertiary/aromatic N) is 2. The van der Waals surface area contributed by atoms with Crippen LogP contribution in [0.3, 0.4) is 0 Å². The molecule has 0 bridgehead atoms. The lowest BCUT2D eigenvalue weighted by molar-refractivity contribution is -0.139. The highest BCUT2D eigenvalue weighted by Crippen LogP contribution is 2.59. The zero-order chi connectivity index (χ0) is 23.7. The molecule has 178 valence electrons. The molecule has 4 heterocycles. The van der Waals surface area contributed by atoms with E-state index in [9.17, 15) is 9.59 Å². The predicted octanol–water partition coefficient (Wildman–Crippen LogP) is 2.71. The molecule has 2 aromatic carbocycles. The van der Waals surface area contributed by atoms with Crippen molar-refractivity contribution in [2.24, 2.45) is 11.8 Å². The number of aromatic nitrogens is 2. The minimum atomic E-state index is -0.683. The van der Waals surface area contributed by atoms with Gasteiger partial charge < -0.3 is 28.4 Å². The molecule has 10 nitrogen and oxygen atoms in total. The van der Waals surface area contributed by atoms with Gasteiger partial charge in [0.2, 0.25) is 25.2 Å². The number of methoxy groups -OCH3 is 1. The zero-order valence-corrected chi connectivity index (χ0v) is 18.6. The molecule has 0 saturated carbocycles. The van der Waals surface area contributed by atoms with Gasteiger partial charge in [0.15, 0.2) is 23.0 Å². The van der Waals surface area contributed by atoms with Gasteiger partial charge in [-0.15, -0.1) is 0 Å². The smallest absolute Gasteiger partial charge is 0.314 e. The Balaban J connectivity index is 1.51. The van der Waals surface area contributed by atoms with Gasteiger partial charge in [-0.05, 0) is 29.3 Å². The Morgan fingerprint density at radius 2 is 1.86 bits per heavy atom. The van der Waals surface area contributed by atoms with Crippen molar-refractivity contribution in [2.75, 3.05) is 27.3 Å². The summed E-state index contributed by atoms with van der Waals surface area (Å²) in [6.45, 7) is 0.295. The molecule has 1 saturated heterocycles. The Labute approximate surface area is 199 Å². The molecule has 7 rings (SSSR count). The van der Waals surface area contributed by atoms with Crippen LogP contribution in [0.2, 0.25) is 0 Å². The predicted molar refractivity (Wildman–Crippen MR) is 117 cm³/mol. The minimum absolute atomic E-state index is 0.0409. The summed E-state index contributed by atoms with van der Waals surface area (Å²) >= 11 is 0. The van der Waals surface area contributed by atoms with Gasteiger partial charge in [0, 0.05) is 29.8 Å². The number of ether oxygens (including phenoxy) is 6. The summed E-state index contributed by atoms with van der Waals surface area (Å²) in [6.07, 6.45) is 4.64. The van der Waals surface area contributed by atoms with Crippen molar-refractivity contribution in [1.82, 2.24) is 9.55 Å². The first kappa shape index (κ1) is 20.2. The van der Waals surface area contributed by atoms with Gasteiger partial charge >= 0.3 is 5.97 Å². The first-order valence-corrected chi connectivity index (χ1v) is 11.2. The van der Waals surface area contributed by atoms with Gasteiger partial charge in [-0.3, -0.25) is 14.2 Å². The highest BCUT2D eigenvalue weighted by atomic mass is 16.7. The Hall–Kier alpha value is -4.21. The third-order valence-electron chi connectivity index (χ3n) is 7.26. The van der Waals surface area contributed by atoms with Gasteiger partial charge in [0.1, 0.15) is 6.33 Å². The van der Waals surface area contributed by atoms with Gasteiger partial charge in [-0.2, -0.15) is 0 Å². The van der Waals surface area contributed by atoms with E-state index in [4.69, 9.17) is 28.4 Å². The maximum absolute atomic E-state index is 13.9. The van der Waals surface area contributed by atoms with Crippen LogP contribution in [0.15, 0.2) is 43.0 Å². The van der Waals surface area contributed by atoms with Crippen molar-refractivity contribution in [1.29, 1.82) is 0 Å². The molecule has 0 N–H and O–H groups in total. The second kappa shape index (κ2) is 7.39. The highest BCUT2D eigenvalue weighted by molar-refractivity contribution is 5.90. The number of fused-ring (bicyclic) bond motifs is 5. The molecular formula is C25H20N2O8. The molecule has 3 aromatic rings. The summed E-state index contributed by atoms with van der Waals surface area (Å²) < 4.78 is 35.3. The Morgan fingerprint density at radius 1 is 1.03 bits per heavy atom. The van der Waals surface area contributed by atoms with Crippen molar-refractivity contribution in [3.63, 3.8) is 0 Å². The van der Waals surface area contributed by atoms with Crippen LogP contribution in [0.1, 0.15) is 33.3 Å². The topological polar surface area (TPSA) is 107 Å². The molecular weight excluding hydrogens is 456 g/mol. The molecule has 4 aliphatic rings. The Kier molecular flexibility index (Phi) is 4.26. The van der Waals surface area contributed by atoms with Crippen LogP contribution in [0.5, 0.6) is 28.7 Å². The van der Waals surface area contributed by atoms with Crippen LogP contribution in [-0.4, -0.2) is 48.7 Å². The number of carbonyl (C=O) groups is 2. The Morgan fingerprint density at radius 3 is 2.69 bits per heavy atom. The van der Waals surface area contributed by atoms with Crippen molar-refractivity contribution in [3.05, 3.63) is 59.7 Å². The molecule has 3 aliphatic heterocycles. The molecule has 1 fully saturated rings. The molecule has 10 heteroatoms. The van der Waals surface area contributed by atoms with Crippen LogP contribution in [0.25, 0.3) is 0 Å². The largest absolute Gasteiger partial charge is 0.492 e. The van der Waals surface area contributed by atoms with E-state index < -0.39 is 23.7 Å². The quantitative estimate of drug-likeness (QED) is 0.527. The number of hydrogen-bond donors (Lipinski definition) is 0. The average molecular weight is 476 g/mol. The lowest BCUT2D eigenvalue weighted by Gasteiger charge is -2.39. The molecule has 1 aromatic heterocycles. The van der Waals surface area contributed by atoms with Crippen LogP contribution in [-0.2, 0) is 9.53 Å². The fourth-order valence-corrected chi connectivity index (χ4v) is 5.83. The van der Waals surface area contributed by atoms with E-state index in [0.29, 0.717) is 34.3 Å². The van der Waals surface area contributed by atoms with Crippen LogP contribution in [0.4, 0.5) is 0 Å². The van der Waals surface area contributed by atoms with Gasteiger partial charge in [0.25, 0.3) is 0 Å². The summed E-state index contributed by atoms with van der Waals surface area (Å²) in [5, 5.41) is 0. The monoisotopic (exact) mass is 476 g/mol. The van der Waals surface area contributed by atoms with Gasteiger partial charge in [0.05, 0.1) is 25.6 Å². The lowest BCUT2D eigenvalue weighted by Crippen LogP contribution is -2.41. The fourth-order valence-electron chi connectivity index (χ4n) is 5.83. The summed E-state index contributed by atoms with van der Waals surface area (Å²) in [6, 6.07) is 7.50. The van der Waals surface area contributed by atoms with E-state index in [1.807, 2.05) is 24.3 Å². The van der Waals surface area contributed by atoms with Crippen molar-refractivity contribution < 1.29 is 38.0 Å². The van der Waals surface area contributed by atoms with Crippen LogP contribution < -0.4 is 23.7 Å². The summed E-state index contributed by atoms with van der Waals surface area (Å²) in [5.41, 5.74) is 2.26. The summed E-state index contributed by atoms with van der Waals surface area (Å²) in [4.78, 5) is 31.1. The molecule has 4 atom stereocenters. The third kappa shape index (κ3) is 2.79. The summed E-state index contributed by atoms with van der Waals surface area (Å²) in [7, 11) is 1.53. The minimum Gasteiger partial charge on any atom is -0.492 e. The molecule has 1 aliphatic carbocycles. The average Bonchev–Trinajstić information content (AvgIpc) is 3.68. The first-order valence-electron chi connectivity index (χ1n) is 11.2. The highest BCUT2D eigenvalue weighted by Gasteiger charge is 2.56. The maximum atomic E-state index is 13.9. The van der Waals surface area contributed by atoms with Crippen LogP contribution >= 0.6 is 0 Å². The normalized spacial score (nSPS) is 25.1. The number of carbonyl (C=O) groups excluding carboxylic acids is 2. The number of cyclic esters (lactones) is 1. The lowest BCUT2D eigenvalue weighted by atomic mass is 9.62. The fraction of sp³-hybridized carbons (Fsp3) is 0.320. The van der Waals surface area contributed by atoms with Gasteiger partial charge in [-0.25, -0.2) is 4.98 Å². The van der Waals surface area contributed by atoms with E-state index in [-0.39, 0.29) is 32.1 Å². The number of benzene rings is 2. The first-order chi connectivity index (χ1) is 17.2. The van der Waals surface area contributed by atoms with E-state index in [1.165, 1.54) is 18.0 Å². The van der Waals surface area contributed by atoms with Crippen LogP contribution in [0, 0.1) is 11.8 Å². The van der Waals surface area contributed by atoms with E-state index in [0.717, 1.165) is 11.1 Å². The van der Waals surface area contributed by atoms with E-state index >= 15 is 0 Å². The van der Waals surface area contributed by atoms with Crippen molar-refractivity contribution >= 4 is 11.9 Å². The second-order valence-corrected chi connectivity index (χ2v) is 8.84. The van der Waals surface area contributed by atoms with Crippen molar-refractivity contribution in [3.8, 4) is 28.7 Å². The third-order valence-corrected chi connectivity index (χ3v) is 7.26. The molecule has 0 unspecified atom stereocenters. The summed E-state index contributed by atoms with van der Waals surface area (Å²) in [5.74, 6) is -0.114. The standard InChI is InChI=1S/C25H20N2O8/c1-30-23-19-13(7-17-22(23)35-11-34-17)18(12-2-3-15-16(6-12)33-10-32-15)20(14-8-31-25(29)21(14)19)24(28)27-5-4-26-9-27/h2-7,9,14,18,20-21H,8,10-11H2,1H3/t14-,18+,20-,21-/m0/s1. The van der Waals surface area contributed by atoms with Crippen molar-refractivity contribution in [2.45, 2.75) is 11.8 Å². The number of imidazole rings is 1. The van der Waals surface area contributed by atoms with E-state index in [1.54, 1.807) is 12.4 Å². The number of rotatable bonds is 3. The molecule has 0 amide bonds.